The summed E-state index contributed by atoms with van der Waals surface area (Å²) in [5, 5.41) is 2.73. The Labute approximate surface area is 53.5 Å². The van der Waals surface area contributed by atoms with Gasteiger partial charge in [0.2, 0.25) is 0 Å². The van der Waals surface area contributed by atoms with Crippen molar-refractivity contribution in [3.8, 4) is 0 Å². The maximum absolute atomic E-state index is 4.76. The van der Waals surface area contributed by atoms with E-state index in [9.17, 15) is 0 Å². The molecule has 1 aromatic heterocycles. The summed E-state index contributed by atoms with van der Waals surface area (Å²) in [5.74, 6) is 0. The molecule has 0 atom stereocenters. The first kappa shape index (κ1) is 7.30. The van der Waals surface area contributed by atoms with Crippen molar-refractivity contribution < 1.29 is 4.42 Å². The van der Waals surface area contributed by atoms with E-state index < -0.39 is 0 Å². The number of nitrogens with zero attached hydrogens (tertiary/aromatic N) is 1. The van der Waals surface area contributed by atoms with Gasteiger partial charge in [0, 0.05) is 7.05 Å². The lowest BCUT2D eigenvalue weighted by Crippen LogP contribution is -1.84. The van der Waals surface area contributed by atoms with Gasteiger partial charge in [-0.15, -0.1) is 12.4 Å². The van der Waals surface area contributed by atoms with E-state index in [1.54, 1.807) is 13.2 Å². The fourth-order valence-corrected chi connectivity index (χ4v) is 0.347. The van der Waals surface area contributed by atoms with Gasteiger partial charge in [0.1, 0.15) is 6.26 Å². The van der Waals surface area contributed by atoms with Gasteiger partial charge in [0.25, 0.3) is 6.01 Å². The molecule has 0 saturated heterocycles. The standard InChI is InChI=1S/C4H6N2O.ClH/c1-5-4-6-2-3-7-4;/h2-3H,1H3,(H,5,6);1H. The third-order valence-electron chi connectivity index (χ3n) is 0.646. The zero-order valence-corrected chi connectivity index (χ0v) is 5.23. The van der Waals surface area contributed by atoms with Gasteiger partial charge in [-0.1, -0.05) is 0 Å². The van der Waals surface area contributed by atoms with E-state index in [4.69, 9.17) is 4.42 Å². The predicted octanol–water partition coefficient (Wildman–Crippen LogP) is 1.14. The number of halogens is 1. The molecule has 0 radical (unpaired) electrons. The van der Waals surface area contributed by atoms with Crippen molar-refractivity contribution in [1.82, 2.24) is 4.98 Å². The second-order valence-electron chi connectivity index (χ2n) is 1.09. The number of hydrogen-bond acceptors (Lipinski definition) is 3. The van der Waals surface area contributed by atoms with Crippen molar-refractivity contribution >= 4 is 18.4 Å². The maximum atomic E-state index is 4.76. The summed E-state index contributed by atoms with van der Waals surface area (Å²) in [5.41, 5.74) is 0. The van der Waals surface area contributed by atoms with Crippen molar-refractivity contribution in [2.24, 2.45) is 0 Å². The topological polar surface area (TPSA) is 38.1 Å². The third-order valence-corrected chi connectivity index (χ3v) is 0.646. The summed E-state index contributed by atoms with van der Waals surface area (Å²) in [6.45, 7) is 0. The second kappa shape index (κ2) is 3.32. The molecule has 8 heavy (non-hydrogen) atoms. The number of rotatable bonds is 1. The average Bonchev–Trinajstić information content (AvgIpc) is 2.14. The molecule has 46 valence electrons. The molecule has 1 N–H and O–H groups in total. The van der Waals surface area contributed by atoms with Gasteiger partial charge < -0.3 is 9.73 Å². The molecular formula is C4H7ClN2O. The third kappa shape index (κ3) is 1.42. The van der Waals surface area contributed by atoms with Gasteiger partial charge in [-0.3, -0.25) is 0 Å². The van der Waals surface area contributed by atoms with E-state index >= 15 is 0 Å². The highest BCUT2D eigenvalue weighted by molar-refractivity contribution is 5.85. The summed E-state index contributed by atoms with van der Waals surface area (Å²) in [4.78, 5) is 3.76. The Kier molecular flexibility index (Phi) is 3.03. The minimum atomic E-state index is 0. The molecule has 1 rings (SSSR count). The maximum Gasteiger partial charge on any atom is 0.294 e. The zero-order valence-electron chi connectivity index (χ0n) is 4.42. The zero-order chi connectivity index (χ0) is 5.11. The summed E-state index contributed by atoms with van der Waals surface area (Å²) in [6.07, 6.45) is 3.11. The largest absolute Gasteiger partial charge is 0.432 e. The molecule has 0 aromatic carbocycles. The van der Waals surface area contributed by atoms with Crippen LogP contribution in [0.4, 0.5) is 6.01 Å². The first-order valence-electron chi connectivity index (χ1n) is 2.00. The summed E-state index contributed by atoms with van der Waals surface area (Å²) in [6, 6.07) is 0.556. The summed E-state index contributed by atoms with van der Waals surface area (Å²) < 4.78 is 4.76. The Morgan fingerprint density at radius 1 is 1.75 bits per heavy atom. The number of nitrogens with one attached hydrogen (secondary N) is 1. The van der Waals surface area contributed by atoms with Crippen LogP contribution in [0.1, 0.15) is 0 Å². The minimum Gasteiger partial charge on any atom is -0.432 e. The molecule has 4 heteroatoms. The molecule has 0 aliphatic carbocycles. The number of oxazole rings is 1. The predicted molar refractivity (Wildman–Crippen MR) is 33.3 cm³/mol. The van der Waals surface area contributed by atoms with Crippen LogP contribution in [0.3, 0.4) is 0 Å². The van der Waals surface area contributed by atoms with E-state index in [0.717, 1.165) is 0 Å². The fraction of sp³-hybridized carbons (Fsp3) is 0.250. The number of aromatic nitrogens is 1. The molecule has 3 nitrogen and oxygen atoms in total. The van der Waals surface area contributed by atoms with Gasteiger partial charge in [0.15, 0.2) is 0 Å². The monoisotopic (exact) mass is 134 g/mol. The molecule has 0 saturated carbocycles. The Hall–Kier alpha value is -0.700. The smallest absolute Gasteiger partial charge is 0.294 e. The lowest BCUT2D eigenvalue weighted by atomic mass is 11.0. The molecule has 0 unspecified atom stereocenters. The first-order valence-corrected chi connectivity index (χ1v) is 2.00. The van der Waals surface area contributed by atoms with Crippen LogP contribution >= 0.6 is 12.4 Å². The SMILES string of the molecule is CNc1ncco1.Cl. The lowest BCUT2D eigenvalue weighted by molar-refractivity contribution is 0.575. The van der Waals surface area contributed by atoms with Crippen LogP contribution in [-0.2, 0) is 0 Å². The van der Waals surface area contributed by atoms with Crippen LogP contribution in [0.2, 0.25) is 0 Å². The Bertz CT molecular complexity index is 129. The van der Waals surface area contributed by atoms with Gasteiger partial charge >= 0.3 is 0 Å². The summed E-state index contributed by atoms with van der Waals surface area (Å²) >= 11 is 0. The average molecular weight is 135 g/mol. The molecular weight excluding hydrogens is 128 g/mol. The molecule has 0 bridgehead atoms. The van der Waals surface area contributed by atoms with Crippen LogP contribution in [0.5, 0.6) is 0 Å². The van der Waals surface area contributed by atoms with Crippen LogP contribution < -0.4 is 5.32 Å². The number of anilines is 1. The van der Waals surface area contributed by atoms with Gasteiger partial charge in [-0.05, 0) is 0 Å². The number of hydrogen-bond donors (Lipinski definition) is 1. The van der Waals surface area contributed by atoms with Crippen molar-refractivity contribution in [3.05, 3.63) is 12.5 Å². The van der Waals surface area contributed by atoms with E-state index in [0.29, 0.717) is 6.01 Å². The first-order chi connectivity index (χ1) is 3.43. The van der Waals surface area contributed by atoms with Crippen molar-refractivity contribution in [1.29, 1.82) is 0 Å². The minimum absolute atomic E-state index is 0. The quantitative estimate of drug-likeness (QED) is 0.626. The van der Waals surface area contributed by atoms with E-state index in [1.165, 1.54) is 6.26 Å². The molecule has 1 aromatic rings. The Morgan fingerprint density at radius 3 is 2.75 bits per heavy atom. The Balaban J connectivity index is 0.000000490. The van der Waals surface area contributed by atoms with E-state index in [1.807, 2.05) is 0 Å². The van der Waals surface area contributed by atoms with Gasteiger partial charge in [-0.2, -0.15) is 0 Å². The highest BCUT2D eigenvalue weighted by atomic mass is 35.5. The van der Waals surface area contributed by atoms with Crippen LogP contribution in [-0.4, -0.2) is 12.0 Å². The van der Waals surface area contributed by atoms with E-state index in [2.05, 4.69) is 10.3 Å². The Morgan fingerprint density at radius 2 is 2.50 bits per heavy atom. The summed E-state index contributed by atoms with van der Waals surface area (Å²) in [7, 11) is 1.76. The van der Waals surface area contributed by atoms with Crippen LogP contribution in [0.15, 0.2) is 16.9 Å². The highest BCUT2D eigenvalue weighted by Crippen LogP contribution is 1.96. The van der Waals surface area contributed by atoms with Crippen LogP contribution in [0, 0.1) is 0 Å². The second-order valence-corrected chi connectivity index (χ2v) is 1.09. The molecule has 0 aliphatic rings. The van der Waals surface area contributed by atoms with E-state index in [-0.39, 0.29) is 12.4 Å². The lowest BCUT2D eigenvalue weighted by Gasteiger charge is -1.83. The molecule has 1 heterocycles. The van der Waals surface area contributed by atoms with Crippen molar-refractivity contribution in [2.75, 3.05) is 12.4 Å². The van der Waals surface area contributed by atoms with Crippen LogP contribution in [0.25, 0.3) is 0 Å². The molecule has 0 fully saturated rings. The molecule has 0 aliphatic heterocycles. The van der Waals surface area contributed by atoms with Crippen molar-refractivity contribution in [2.45, 2.75) is 0 Å². The molecule has 0 spiro atoms. The normalized spacial score (nSPS) is 7.62. The van der Waals surface area contributed by atoms with Gasteiger partial charge in [0.05, 0.1) is 6.20 Å². The highest BCUT2D eigenvalue weighted by Gasteiger charge is 1.84. The van der Waals surface area contributed by atoms with Gasteiger partial charge in [-0.25, -0.2) is 4.98 Å². The van der Waals surface area contributed by atoms with Crippen molar-refractivity contribution in [3.63, 3.8) is 0 Å². The molecule has 0 amide bonds. The fourth-order valence-electron chi connectivity index (χ4n) is 0.347.